The number of methoxy groups -OCH3 is 1. The first-order chi connectivity index (χ1) is 9.46. The average molecular weight is 294 g/mol. The number of hydrogen-bond donors (Lipinski definition) is 3. The first-order valence-electron chi connectivity index (χ1n) is 6.14. The van der Waals surface area contributed by atoms with Gasteiger partial charge in [0.2, 0.25) is 5.91 Å². The zero-order chi connectivity index (χ0) is 14.8. The predicted molar refractivity (Wildman–Crippen MR) is 79.5 cm³/mol. The summed E-state index contributed by atoms with van der Waals surface area (Å²) in [7, 11) is 1.63. The van der Waals surface area contributed by atoms with Gasteiger partial charge in [0.05, 0.1) is 23.6 Å². The molecule has 1 aromatic heterocycles. The summed E-state index contributed by atoms with van der Waals surface area (Å²) < 4.78 is 5.17. The van der Waals surface area contributed by atoms with Gasteiger partial charge in [0, 0.05) is 11.8 Å². The fourth-order valence-electron chi connectivity index (χ4n) is 1.67. The zero-order valence-corrected chi connectivity index (χ0v) is 12.5. The monoisotopic (exact) mass is 294 g/mol. The van der Waals surface area contributed by atoms with E-state index in [4.69, 9.17) is 10.6 Å². The summed E-state index contributed by atoms with van der Waals surface area (Å²) in [6.07, 6.45) is 0. The number of aromatic nitrogens is 2. The number of carbonyl (C=O) groups is 1. The standard InChI is InChI=1S/C13H18N4O2S/c1-13(2,11(18)17-14)7-20-12-15-9-5-4-8(19-3)6-10(9)16-12/h4-6H,7,14H2,1-3H3,(H,15,16)(H,17,18). The number of nitrogens with two attached hydrogens (primary N) is 1. The number of fused-ring (bicyclic) bond motifs is 1. The summed E-state index contributed by atoms with van der Waals surface area (Å²) in [6.45, 7) is 3.68. The van der Waals surface area contributed by atoms with Crippen LogP contribution in [0.3, 0.4) is 0 Å². The molecule has 0 spiro atoms. The van der Waals surface area contributed by atoms with Crippen molar-refractivity contribution in [3.05, 3.63) is 18.2 Å². The third-order valence-corrected chi connectivity index (χ3v) is 4.32. The van der Waals surface area contributed by atoms with Crippen molar-refractivity contribution in [1.29, 1.82) is 0 Å². The predicted octanol–water partition coefficient (Wildman–Crippen LogP) is 1.68. The molecule has 0 aliphatic rings. The van der Waals surface area contributed by atoms with Crippen molar-refractivity contribution in [2.24, 2.45) is 11.3 Å². The van der Waals surface area contributed by atoms with E-state index in [9.17, 15) is 4.79 Å². The number of amides is 1. The topological polar surface area (TPSA) is 93.0 Å². The Bertz CT molecular complexity index is 624. The largest absolute Gasteiger partial charge is 0.497 e. The Hall–Kier alpha value is -1.73. The van der Waals surface area contributed by atoms with E-state index in [0.29, 0.717) is 5.75 Å². The Morgan fingerprint density at radius 2 is 2.30 bits per heavy atom. The lowest BCUT2D eigenvalue weighted by Gasteiger charge is -2.20. The Balaban J connectivity index is 2.12. The van der Waals surface area contributed by atoms with Crippen molar-refractivity contribution >= 4 is 28.7 Å². The lowest BCUT2D eigenvalue weighted by Crippen LogP contribution is -2.42. The number of carbonyl (C=O) groups excluding carboxylic acids is 1. The molecule has 0 atom stereocenters. The van der Waals surface area contributed by atoms with Crippen LogP contribution in [0.4, 0.5) is 0 Å². The normalized spacial score (nSPS) is 11.6. The highest BCUT2D eigenvalue weighted by molar-refractivity contribution is 7.99. The summed E-state index contributed by atoms with van der Waals surface area (Å²) in [4.78, 5) is 19.3. The molecular weight excluding hydrogens is 276 g/mol. The van der Waals surface area contributed by atoms with Crippen molar-refractivity contribution in [3.63, 3.8) is 0 Å². The summed E-state index contributed by atoms with van der Waals surface area (Å²) in [5.74, 6) is 6.34. The van der Waals surface area contributed by atoms with Gasteiger partial charge in [-0.15, -0.1) is 0 Å². The van der Waals surface area contributed by atoms with Gasteiger partial charge in [-0.3, -0.25) is 10.2 Å². The van der Waals surface area contributed by atoms with Gasteiger partial charge in [-0.25, -0.2) is 10.8 Å². The SMILES string of the molecule is COc1ccc2nc(SCC(C)(C)C(=O)NN)[nH]c2c1. The van der Waals surface area contributed by atoms with Crippen LogP contribution in [0.15, 0.2) is 23.4 Å². The number of nitrogens with zero attached hydrogens (tertiary/aromatic N) is 1. The number of rotatable bonds is 5. The molecule has 0 saturated heterocycles. The second-order valence-corrected chi connectivity index (χ2v) is 6.04. The lowest BCUT2D eigenvalue weighted by molar-refractivity contribution is -0.128. The van der Waals surface area contributed by atoms with Crippen molar-refractivity contribution in [2.45, 2.75) is 19.0 Å². The molecule has 6 nitrogen and oxygen atoms in total. The molecule has 7 heteroatoms. The molecule has 20 heavy (non-hydrogen) atoms. The van der Waals surface area contributed by atoms with E-state index in [1.165, 1.54) is 11.8 Å². The number of nitrogens with one attached hydrogen (secondary N) is 2. The third kappa shape index (κ3) is 3.05. The number of hydrogen-bond acceptors (Lipinski definition) is 5. The summed E-state index contributed by atoms with van der Waals surface area (Å²) in [6, 6.07) is 5.65. The number of H-pyrrole nitrogens is 1. The van der Waals surface area contributed by atoms with Crippen molar-refractivity contribution < 1.29 is 9.53 Å². The second-order valence-electron chi connectivity index (χ2n) is 5.07. The molecule has 0 unspecified atom stereocenters. The molecule has 0 aliphatic carbocycles. The van der Waals surface area contributed by atoms with Crippen molar-refractivity contribution in [2.75, 3.05) is 12.9 Å². The van der Waals surface area contributed by atoms with Crippen molar-refractivity contribution in [3.8, 4) is 5.75 Å². The van der Waals surface area contributed by atoms with Crippen LogP contribution in [0.1, 0.15) is 13.8 Å². The van der Waals surface area contributed by atoms with E-state index >= 15 is 0 Å². The second kappa shape index (κ2) is 5.72. The smallest absolute Gasteiger partial charge is 0.240 e. The first kappa shape index (κ1) is 14.7. The summed E-state index contributed by atoms with van der Waals surface area (Å²) in [5.41, 5.74) is 3.40. The van der Waals surface area contributed by atoms with Gasteiger partial charge in [-0.2, -0.15) is 0 Å². The maximum atomic E-state index is 11.6. The van der Waals surface area contributed by atoms with Gasteiger partial charge in [-0.1, -0.05) is 25.6 Å². The maximum absolute atomic E-state index is 11.6. The minimum atomic E-state index is -0.559. The molecule has 0 radical (unpaired) electrons. The lowest BCUT2D eigenvalue weighted by atomic mass is 9.96. The van der Waals surface area contributed by atoms with Crippen molar-refractivity contribution in [1.82, 2.24) is 15.4 Å². The molecule has 1 amide bonds. The number of ether oxygens (including phenoxy) is 1. The Labute approximate surface area is 121 Å². The number of hydrazine groups is 1. The number of benzene rings is 1. The molecule has 0 fully saturated rings. The van der Waals surface area contributed by atoms with Crippen LogP contribution >= 0.6 is 11.8 Å². The highest BCUT2D eigenvalue weighted by Crippen LogP contribution is 2.28. The van der Waals surface area contributed by atoms with Crippen LogP contribution in [0, 0.1) is 5.41 Å². The highest BCUT2D eigenvalue weighted by atomic mass is 32.2. The van der Waals surface area contributed by atoms with E-state index in [2.05, 4.69) is 15.4 Å². The fraction of sp³-hybridized carbons (Fsp3) is 0.385. The fourth-order valence-corrected chi connectivity index (χ4v) is 2.64. The quantitative estimate of drug-likeness (QED) is 0.338. The van der Waals surface area contributed by atoms with E-state index < -0.39 is 5.41 Å². The van der Waals surface area contributed by atoms with Crippen LogP contribution < -0.4 is 16.0 Å². The molecule has 0 saturated carbocycles. The van der Waals surface area contributed by atoms with Gasteiger partial charge in [0.25, 0.3) is 0 Å². The van der Waals surface area contributed by atoms with Crippen LogP contribution in [-0.2, 0) is 4.79 Å². The average Bonchev–Trinajstić information content (AvgIpc) is 2.86. The zero-order valence-electron chi connectivity index (χ0n) is 11.7. The number of imidazole rings is 1. The molecule has 1 heterocycles. The Kier molecular flexibility index (Phi) is 4.20. The first-order valence-corrected chi connectivity index (χ1v) is 7.12. The molecule has 2 aromatic rings. The van der Waals surface area contributed by atoms with E-state index in [1.54, 1.807) is 7.11 Å². The summed E-state index contributed by atoms with van der Waals surface area (Å²) in [5, 5.41) is 0.770. The van der Waals surface area contributed by atoms with Gasteiger partial charge in [0.1, 0.15) is 5.75 Å². The van der Waals surface area contributed by atoms with E-state index in [1.807, 2.05) is 32.0 Å². The number of aromatic amines is 1. The van der Waals surface area contributed by atoms with E-state index in [0.717, 1.165) is 21.9 Å². The minimum Gasteiger partial charge on any atom is -0.497 e. The van der Waals surface area contributed by atoms with Crippen LogP contribution in [-0.4, -0.2) is 28.7 Å². The van der Waals surface area contributed by atoms with Gasteiger partial charge in [-0.05, 0) is 12.1 Å². The van der Waals surface area contributed by atoms with Gasteiger partial charge >= 0.3 is 0 Å². The van der Waals surface area contributed by atoms with Crippen LogP contribution in [0.25, 0.3) is 11.0 Å². The Morgan fingerprint density at radius 3 is 2.95 bits per heavy atom. The molecule has 1 aromatic carbocycles. The molecule has 2 rings (SSSR count). The third-order valence-electron chi connectivity index (χ3n) is 2.98. The Morgan fingerprint density at radius 1 is 1.55 bits per heavy atom. The highest BCUT2D eigenvalue weighted by Gasteiger charge is 2.27. The van der Waals surface area contributed by atoms with Gasteiger partial charge in [0.15, 0.2) is 5.16 Å². The number of thioether (sulfide) groups is 1. The molecule has 0 aliphatic heterocycles. The van der Waals surface area contributed by atoms with Gasteiger partial charge < -0.3 is 9.72 Å². The summed E-state index contributed by atoms with van der Waals surface area (Å²) >= 11 is 1.49. The molecule has 4 N–H and O–H groups in total. The maximum Gasteiger partial charge on any atom is 0.240 e. The van der Waals surface area contributed by atoms with E-state index in [-0.39, 0.29) is 5.91 Å². The molecule has 0 bridgehead atoms. The molecular formula is C13H18N4O2S. The molecule has 108 valence electrons. The van der Waals surface area contributed by atoms with Crippen LogP contribution in [0.2, 0.25) is 0 Å². The van der Waals surface area contributed by atoms with Crippen LogP contribution in [0.5, 0.6) is 5.75 Å². The minimum absolute atomic E-state index is 0.192.